The second-order valence-electron chi connectivity index (χ2n) is 12.3. The summed E-state index contributed by atoms with van der Waals surface area (Å²) in [5.74, 6) is 0.952. The number of fused-ring (bicyclic) bond motifs is 1. The minimum absolute atomic E-state index is 0.259. The largest absolute Gasteiger partial charge is 0.377 e. The molecule has 2 saturated carbocycles. The van der Waals surface area contributed by atoms with Crippen molar-refractivity contribution < 1.29 is 9.53 Å². The predicted molar refractivity (Wildman–Crippen MR) is 144 cm³/mol. The van der Waals surface area contributed by atoms with Gasteiger partial charge in [-0.2, -0.15) is 0 Å². The normalized spacial score (nSPS) is 40.8. The predicted octanol–water partition coefficient (Wildman–Crippen LogP) is 1.61. The minimum Gasteiger partial charge on any atom is -0.377 e. The molecule has 0 bridgehead atoms. The molecule has 2 aliphatic carbocycles. The Labute approximate surface area is 219 Å². The lowest BCUT2D eigenvalue weighted by Crippen LogP contribution is -2.62. The summed E-state index contributed by atoms with van der Waals surface area (Å²) in [5, 5.41) is 11.8. The van der Waals surface area contributed by atoms with Crippen LogP contribution in [0.3, 0.4) is 0 Å². The molecule has 5 rings (SSSR count). The molecule has 0 aromatic rings. The number of likely N-dealkylation sites (N-methyl/N-ethyl adjacent to an activating group) is 1. The Balaban J connectivity index is 1.14. The van der Waals surface area contributed by atoms with Crippen molar-refractivity contribution in [2.45, 2.75) is 114 Å². The second-order valence-corrected chi connectivity index (χ2v) is 12.3. The monoisotopic (exact) mass is 504 g/mol. The summed E-state index contributed by atoms with van der Waals surface area (Å²) in [4.78, 5) is 19.6. The standard InChI is InChI=1S/C28H52N6O2/c1-4-36-26-19-23(33-16-14-32(3)15-17-33)8-9-24(26)31-27-18-22(10-12-29-27)30-25-7-5-6-21-11-13-34(20(2)35)28(21)25/h21-31H,4-19H2,1-3H3. The third-order valence-electron chi connectivity index (χ3n) is 9.96. The average molecular weight is 505 g/mol. The van der Waals surface area contributed by atoms with Gasteiger partial charge in [0.2, 0.25) is 5.91 Å². The fourth-order valence-corrected chi connectivity index (χ4v) is 8.03. The number of piperidine rings is 1. The molecule has 36 heavy (non-hydrogen) atoms. The van der Waals surface area contributed by atoms with Crippen LogP contribution in [-0.2, 0) is 9.53 Å². The van der Waals surface area contributed by atoms with Crippen LogP contribution in [0.15, 0.2) is 0 Å². The van der Waals surface area contributed by atoms with Crippen LogP contribution in [0.5, 0.6) is 0 Å². The van der Waals surface area contributed by atoms with Crippen LogP contribution in [-0.4, -0.2) is 116 Å². The lowest BCUT2D eigenvalue weighted by atomic mass is 9.80. The van der Waals surface area contributed by atoms with E-state index in [0.29, 0.717) is 48.4 Å². The summed E-state index contributed by atoms with van der Waals surface area (Å²) in [7, 11) is 2.24. The lowest BCUT2D eigenvalue weighted by Gasteiger charge is -2.46. The first-order valence-electron chi connectivity index (χ1n) is 15.1. The summed E-state index contributed by atoms with van der Waals surface area (Å²) < 4.78 is 6.33. The summed E-state index contributed by atoms with van der Waals surface area (Å²) in [6.07, 6.45) is 11.5. The molecule has 3 heterocycles. The number of ether oxygens (including phenoxy) is 1. The van der Waals surface area contributed by atoms with E-state index in [9.17, 15) is 4.79 Å². The number of amides is 1. The Morgan fingerprint density at radius 2 is 1.78 bits per heavy atom. The van der Waals surface area contributed by atoms with E-state index in [1.807, 2.05) is 0 Å². The van der Waals surface area contributed by atoms with Crippen molar-refractivity contribution in [2.24, 2.45) is 5.92 Å². The topological polar surface area (TPSA) is 72.1 Å². The molecule has 3 aliphatic heterocycles. The zero-order valence-corrected chi connectivity index (χ0v) is 23.1. The van der Waals surface area contributed by atoms with Gasteiger partial charge in [0.1, 0.15) is 0 Å². The Kier molecular flexibility index (Phi) is 9.23. The SMILES string of the molecule is CCOC1CC(N2CCN(C)CC2)CCC1NC1CC(NC2CCCC3CCN(C(C)=O)C32)CCN1. The molecule has 0 aromatic carbocycles. The fourth-order valence-electron chi connectivity index (χ4n) is 8.03. The third kappa shape index (κ3) is 6.26. The molecule has 3 saturated heterocycles. The molecule has 5 aliphatic rings. The maximum atomic E-state index is 12.3. The number of carbonyl (C=O) groups is 1. The number of hydrogen-bond acceptors (Lipinski definition) is 7. The van der Waals surface area contributed by atoms with E-state index < -0.39 is 0 Å². The molecule has 8 nitrogen and oxygen atoms in total. The van der Waals surface area contributed by atoms with Crippen molar-refractivity contribution in [3.05, 3.63) is 0 Å². The van der Waals surface area contributed by atoms with Crippen molar-refractivity contribution in [1.29, 1.82) is 0 Å². The van der Waals surface area contributed by atoms with Crippen LogP contribution < -0.4 is 16.0 Å². The van der Waals surface area contributed by atoms with E-state index in [-0.39, 0.29) is 5.91 Å². The lowest BCUT2D eigenvalue weighted by molar-refractivity contribution is -0.131. The van der Waals surface area contributed by atoms with Gasteiger partial charge in [-0.05, 0) is 77.8 Å². The van der Waals surface area contributed by atoms with Gasteiger partial charge in [0, 0.05) is 76.5 Å². The van der Waals surface area contributed by atoms with Gasteiger partial charge >= 0.3 is 0 Å². The molecule has 0 aromatic heterocycles. The van der Waals surface area contributed by atoms with Crippen LogP contribution >= 0.6 is 0 Å². The molecule has 3 N–H and O–H groups in total. The molecule has 8 atom stereocenters. The Bertz CT molecular complexity index is 716. The molecular weight excluding hydrogens is 452 g/mol. The highest BCUT2D eigenvalue weighted by molar-refractivity contribution is 5.74. The quantitative estimate of drug-likeness (QED) is 0.487. The molecule has 0 spiro atoms. The van der Waals surface area contributed by atoms with E-state index in [2.05, 4.69) is 44.6 Å². The Hall–Kier alpha value is -0.770. The summed E-state index contributed by atoms with van der Waals surface area (Å²) in [6.45, 7) is 11.4. The number of hydrogen-bond donors (Lipinski definition) is 3. The van der Waals surface area contributed by atoms with Crippen LogP contribution in [0.25, 0.3) is 0 Å². The number of nitrogens with zero attached hydrogens (tertiary/aromatic N) is 3. The molecule has 8 heteroatoms. The maximum Gasteiger partial charge on any atom is 0.219 e. The first-order valence-corrected chi connectivity index (χ1v) is 15.1. The summed E-state index contributed by atoms with van der Waals surface area (Å²) in [5.41, 5.74) is 0. The molecule has 206 valence electrons. The first-order chi connectivity index (χ1) is 17.5. The number of carbonyl (C=O) groups excluding carboxylic acids is 1. The van der Waals surface area contributed by atoms with Crippen molar-refractivity contribution in [3.63, 3.8) is 0 Å². The highest BCUT2D eigenvalue weighted by Crippen LogP contribution is 2.37. The molecular formula is C28H52N6O2. The van der Waals surface area contributed by atoms with Crippen LogP contribution in [0.1, 0.15) is 71.6 Å². The van der Waals surface area contributed by atoms with E-state index in [4.69, 9.17) is 4.74 Å². The van der Waals surface area contributed by atoms with Crippen LogP contribution in [0, 0.1) is 5.92 Å². The van der Waals surface area contributed by atoms with Gasteiger partial charge in [-0.3, -0.25) is 15.0 Å². The van der Waals surface area contributed by atoms with E-state index >= 15 is 0 Å². The maximum absolute atomic E-state index is 12.3. The third-order valence-corrected chi connectivity index (χ3v) is 9.96. The summed E-state index contributed by atoms with van der Waals surface area (Å²) in [6, 6.07) is 2.46. The van der Waals surface area contributed by atoms with Crippen molar-refractivity contribution in [2.75, 3.05) is 52.9 Å². The van der Waals surface area contributed by atoms with Gasteiger partial charge in [-0.1, -0.05) is 6.42 Å². The molecule has 8 unspecified atom stereocenters. The number of rotatable bonds is 7. The average Bonchev–Trinajstić information content (AvgIpc) is 3.32. The molecule has 5 fully saturated rings. The summed E-state index contributed by atoms with van der Waals surface area (Å²) >= 11 is 0. The van der Waals surface area contributed by atoms with Gasteiger partial charge in [-0.25, -0.2) is 0 Å². The van der Waals surface area contributed by atoms with Gasteiger partial charge in [-0.15, -0.1) is 0 Å². The van der Waals surface area contributed by atoms with Gasteiger partial charge < -0.3 is 25.2 Å². The fraction of sp³-hybridized carbons (Fsp3) is 0.964. The highest BCUT2D eigenvalue weighted by atomic mass is 16.5. The Morgan fingerprint density at radius 1 is 0.944 bits per heavy atom. The number of piperazine rings is 1. The van der Waals surface area contributed by atoms with E-state index in [1.165, 1.54) is 64.7 Å². The number of likely N-dealkylation sites (tertiary alicyclic amines) is 1. The van der Waals surface area contributed by atoms with E-state index in [1.54, 1.807) is 6.92 Å². The van der Waals surface area contributed by atoms with Crippen molar-refractivity contribution >= 4 is 5.91 Å². The van der Waals surface area contributed by atoms with Gasteiger partial charge in [0.25, 0.3) is 0 Å². The molecule has 1 amide bonds. The highest BCUT2D eigenvalue weighted by Gasteiger charge is 2.44. The zero-order valence-electron chi connectivity index (χ0n) is 23.1. The zero-order chi connectivity index (χ0) is 25.1. The second kappa shape index (κ2) is 12.4. The molecule has 0 radical (unpaired) electrons. The van der Waals surface area contributed by atoms with Gasteiger partial charge in [0.05, 0.1) is 12.3 Å². The first kappa shape index (κ1) is 26.8. The van der Waals surface area contributed by atoms with Crippen LogP contribution in [0.2, 0.25) is 0 Å². The van der Waals surface area contributed by atoms with Crippen LogP contribution in [0.4, 0.5) is 0 Å². The smallest absolute Gasteiger partial charge is 0.219 e. The van der Waals surface area contributed by atoms with Crippen molar-refractivity contribution in [1.82, 2.24) is 30.7 Å². The minimum atomic E-state index is 0.259. The van der Waals surface area contributed by atoms with Crippen molar-refractivity contribution in [3.8, 4) is 0 Å². The number of nitrogens with one attached hydrogen (secondary N) is 3. The van der Waals surface area contributed by atoms with E-state index in [0.717, 1.165) is 39.0 Å². The van der Waals surface area contributed by atoms with Gasteiger partial charge in [0.15, 0.2) is 0 Å². The Morgan fingerprint density at radius 3 is 2.56 bits per heavy atom.